The van der Waals surface area contributed by atoms with Gasteiger partial charge in [-0.25, -0.2) is 8.78 Å². The summed E-state index contributed by atoms with van der Waals surface area (Å²) in [6, 6.07) is 2.40. The van der Waals surface area contributed by atoms with Crippen LogP contribution >= 0.6 is 0 Å². The summed E-state index contributed by atoms with van der Waals surface area (Å²) in [6.45, 7) is -1.34. The second-order valence-corrected chi connectivity index (χ2v) is 4.63. The molecule has 0 aromatic heterocycles. The molecule has 0 heterocycles. The van der Waals surface area contributed by atoms with E-state index >= 15 is 0 Å². The van der Waals surface area contributed by atoms with Crippen LogP contribution < -0.4 is 9.47 Å². The number of nitro benzene ring substituents is 2. The highest BCUT2D eigenvalue weighted by Gasteiger charge is 2.25. The van der Waals surface area contributed by atoms with Gasteiger partial charge in [0.1, 0.15) is 13.2 Å². The molecule has 0 N–H and O–H groups in total. The number of nitro groups is 2. The molecule has 26 heavy (non-hydrogen) atoms. The number of hydrogen-bond acceptors (Lipinski definition) is 6. The fourth-order valence-corrected chi connectivity index (χ4v) is 1.89. The van der Waals surface area contributed by atoms with Gasteiger partial charge >= 0.3 is 11.4 Å². The smallest absolute Gasteiger partial charge is 0.314 e. The first-order valence-electron chi connectivity index (χ1n) is 6.74. The van der Waals surface area contributed by atoms with Crippen LogP contribution in [0.15, 0.2) is 24.3 Å². The molecule has 2 aromatic rings. The van der Waals surface area contributed by atoms with Crippen molar-refractivity contribution < 1.29 is 36.9 Å². The van der Waals surface area contributed by atoms with Crippen LogP contribution in [0.5, 0.6) is 11.5 Å². The van der Waals surface area contributed by atoms with Crippen molar-refractivity contribution in [2.75, 3.05) is 13.2 Å². The second kappa shape index (κ2) is 7.63. The lowest BCUT2D eigenvalue weighted by Crippen LogP contribution is -2.13. The fourth-order valence-electron chi connectivity index (χ4n) is 1.89. The van der Waals surface area contributed by atoms with Gasteiger partial charge in [-0.1, -0.05) is 0 Å². The van der Waals surface area contributed by atoms with Crippen molar-refractivity contribution >= 4 is 11.4 Å². The van der Waals surface area contributed by atoms with Crippen LogP contribution in [0.25, 0.3) is 0 Å². The summed E-state index contributed by atoms with van der Waals surface area (Å²) in [4.78, 5) is 19.5. The minimum Gasteiger partial charge on any atom is -0.481 e. The van der Waals surface area contributed by atoms with Crippen molar-refractivity contribution in [2.24, 2.45) is 0 Å². The van der Waals surface area contributed by atoms with E-state index in [2.05, 4.69) is 0 Å². The van der Waals surface area contributed by atoms with Gasteiger partial charge in [0, 0.05) is 12.1 Å². The first kappa shape index (κ1) is 18.9. The molecule has 12 heteroatoms. The Labute approximate surface area is 141 Å². The van der Waals surface area contributed by atoms with E-state index in [9.17, 15) is 37.8 Å². The normalized spacial score (nSPS) is 10.5. The Morgan fingerprint density at radius 3 is 1.38 bits per heavy atom. The molecule has 0 radical (unpaired) electrons. The van der Waals surface area contributed by atoms with Gasteiger partial charge in [0.15, 0.2) is 11.6 Å². The van der Waals surface area contributed by atoms with E-state index in [1.54, 1.807) is 0 Å². The third kappa shape index (κ3) is 3.79. The summed E-state index contributed by atoms with van der Waals surface area (Å²) in [5.74, 6) is -8.10. The Hall–Kier alpha value is -3.44. The van der Waals surface area contributed by atoms with Gasteiger partial charge in [-0.05, 0) is 12.1 Å². The topological polar surface area (TPSA) is 105 Å². The zero-order valence-electron chi connectivity index (χ0n) is 12.6. The lowest BCUT2D eigenvalue weighted by atomic mass is 10.2. The Morgan fingerprint density at radius 1 is 0.731 bits per heavy atom. The number of nitrogens with zero attached hydrogens (tertiary/aromatic N) is 2. The SMILES string of the molecule is O=[N+]([O-])c1ccc(F)c(F)c1OCCOc1c([N+](=O)[O-])ccc(F)c1F. The van der Waals surface area contributed by atoms with Crippen LogP contribution in [0.4, 0.5) is 28.9 Å². The molecular weight excluding hydrogens is 368 g/mol. The number of halogens is 4. The van der Waals surface area contributed by atoms with Gasteiger partial charge in [-0.15, -0.1) is 0 Å². The lowest BCUT2D eigenvalue weighted by Gasteiger charge is -2.10. The number of hydrogen-bond donors (Lipinski definition) is 0. The molecular formula is C14H8F4N2O6. The molecule has 138 valence electrons. The van der Waals surface area contributed by atoms with E-state index in [0.29, 0.717) is 24.3 Å². The molecule has 0 aliphatic carbocycles. The second-order valence-electron chi connectivity index (χ2n) is 4.63. The minimum atomic E-state index is -1.62. The summed E-state index contributed by atoms with van der Waals surface area (Å²) in [7, 11) is 0. The predicted octanol–water partition coefficient (Wildman–Crippen LogP) is 3.52. The summed E-state index contributed by atoms with van der Waals surface area (Å²) < 4.78 is 63.0. The van der Waals surface area contributed by atoms with Gasteiger partial charge in [0.05, 0.1) is 9.85 Å². The summed E-state index contributed by atoms with van der Waals surface area (Å²) in [5, 5.41) is 21.6. The molecule has 0 saturated heterocycles. The van der Waals surface area contributed by atoms with Gasteiger partial charge in [0.2, 0.25) is 23.1 Å². The van der Waals surface area contributed by atoms with Crippen LogP contribution in [0.3, 0.4) is 0 Å². The number of rotatable bonds is 7. The number of benzene rings is 2. The van der Waals surface area contributed by atoms with Crippen molar-refractivity contribution in [2.45, 2.75) is 0 Å². The third-order valence-corrected chi connectivity index (χ3v) is 3.03. The Kier molecular flexibility index (Phi) is 5.54. The molecule has 0 fully saturated rings. The standard InChI is InChI=1S/C14H8F4N2O6/c15-7-1-3-9(19(21)22)13(11(7)17)25-5-6-26-14-10(20(23)24)4-2-8(16)12(14)18/h1-4H,5-6H2. The lowest BCUT2D eigenvalue weighted by molar-refractivity contribution is -0.386. The van der Waals surface area contributed by atoms with Crippen molar-refractivity contribution in [3.63, 3.8) is 0 Å². The maximum atomic E-state index is 13.6. The predicted molar refractivity (Wildman–Crippen MR) is 77.0 cm³/mol. The van der Waals surface area contributed by atoms with Crippen molar-refractivity contribution in [3.8, 4) is 11.5 Å². The molecule has 0 saturated carbocycles. The highest BCUT2D eigenvalue weighted by molar-refractivity contribution is 5.48. The van der Waals surface area contributed by atoms with E-state index in [0.717, 1.165) is 0 Å². The van der Waals surface area contributed by atoms with E-state index < -0.39 is 69.2 Å². The van der Waals surface area contributed by atoms with Crippen molar-refractivity contribution in [3.05, 3.63) is 67.8 Å². The number of ether oxygens (including phenoxy) is 2. The molecule has 2 rings (SSSR count). The average Bonchev–Trinajstić information content (AvgIpc) is 2.58. The molecule has 0 aliphatic rings. The van der Waals surface area contributed by atoms with Crippen LogP contribution in [-0.2, 0) is 0 Å². The van der Waals surface area contributed by atoms with Crippen molar-refractivity contribution in [1.29, 1.82) is 0 Å². The molecule has 0 atom stereocenters. The van der Waals surface area contributed by atoms with Crippen LogP contribution in [-0.4, -0.2) is 23.1 Å². The Balaban J connectivity index is 2.14. The van der Waals surface area contributed by atoms with E-state index in [1.807, 2.05) is 0 Å². The molecule has 2 aromatic carbocycles. The first-order valence-corrected chi connectivity index (χ1v) is 6.74. The fraction of sp³-hybridized carbons (Fsp3) is 0.143. The molecule has 0 aliphatic heterocycles. The minimum absolute atomic E-state index is 0.530. The van der Waals surface area contributed by atoms with Gasteiger partial charge in [0.25, 0.3) is 0 Å². The van der Waals surface area contributed by atoms with Gasteiger partial charge in [-0.2, -0.15) is 8.78 Å². The zero-order chi connectivity index (χ0) is 19.4. The zero-order valence-corrected chi connectivity index (χ0v) is 12.6. The van der Waals surface area contributed by atoms with Gasteiger partial charge in [-0.3, -0.25) is 20.2 Å². The quantitative estimate of drug-likeness (QED) is 0.317. The summed E-state index contributed by atoms with van der Waals surface area (Å²) in [5.41, 5.74) is -1.74. The summed E-state index contributed by atoms with van der Waals surface area (Å²) >= 11 is 0. The maximum absolute atomic E-state index is 13.6. The third-order valence-electron chi connectivity index (χ3n) is 3.03. The molecule has 0 bridgehead atoms. The highest BCUT2D eigenvalue weighted by Crippen LogP contribution is 2.33. The van der Waals surface area contributed by atoms with Crippen LogP contribution in [0, 0.1) is 43.5 Å². The van der Waals surface area contributed by atoms with Crippen LogP contribution in [0.1, 0.15) is 0 Å². The first-order chi connectivity index (χ1) is 12.2. The molecule has 0 unspecified atom stereocenters. The molecule has 0 amide bonds. The Morgan fingerprint density at radius 2 is 1.08 bits per heavy atom. The van der Waals surface area contributed by atoms with E-state index in [1.165, 1.54) is 0 Å². The highest BCUT2D eigenvalue weighted by atomic mass is 19.2. The van der Waals surface area contributed by atoms with E-state index in [4.69, 9.17) is 9.47 Å². The molecule has 8 nitrogen and oxygen atoms in total. The maximum Gasteiger partial charge on any atom is 0.314 e. The van der Waals surface area contributed by atoms with Crippen LogP contribution in [0.2, 0.25) is 0 Å². The largest absolute Gasteiger partial charge is 0.481 e. The molecule has 0 spiro atoms. The summed E-state index contributed by atoms with van der Waals surface area (Å²) in [6.07, 6.45) is 0. The Bertz CT molecular complexity index is 806. The van der Waals surface area contributed by atoms with Crippen molar-refractivity contribution in [1.82, 2.24) is 0 Å². The monoisotopic (exact) mass is 376 g/mol. The average molecular weight is 376 g/mol. The van der Waals surface area contributed by atoms with E-state index in [-0.39, 0.29) is 0 Å². The van der Waals surface area contributed by atoms with Gasteiger partial charge < -0.3 is 9.47 Å².